The summed E-state index contributed by atoms with van der Waals surface area (Å²) in [5.41, 5.74) is 0.606. The van der Waals surface area contributed by atoms with Crippen LogP contribution in [0.25, 0.3) is 10.9 Å². The van der Waals surface area contributed by atoms with E-state index in [2.05, 4.69) is 10.3 Å². The van der Waals surface area contributed by atoms with Crippen LogP contribution in [-0.2, 0) is 11.3 Å². The molecule has 0 aliphatic heterocycles. The van der Waals surface area contributed by atoms with Crippen molar-refractivity contribution >= 4 is 16.8 Å². The third-order valence-electron chi connectivity index (χ3n) is 4.53. The zero-order chi connectivity index (χ0) is 16.1. The van der Waals surface area contributed by atoms with Gasteiger partial charge in [0, 0.05) is 19.0 Å². The van der Waals surface area contributed by atoms with Crippen LogP contribution >= 0.6 is 0 Å². The lowest BCUT2D eigenvalue weighted by atomic mass is 10.1. The van der Waals surface area contributed by atoms with Gasteiger partial charge in [0.15, 0.2) is 0 Å². The van der Waals surface area contributed by atoms with Crippen LogP contribution in [-0.4, -0.2) is 21.5 Å². The van der Waals surface area contributed by atoms with Crippen LogP contribution in [0.3, 0.4) is 0 Å². The lowest BCUT2D eigenvalue weighted by molar-refractivity contribution is -0.122. The number of benzene rings is 1. The fraction of sp³-hybridized carbons (Fsp3) is 0.500. The van der Waals surface area contributed by atoms with E-state index in [0.29, 0.717) is 29.9 Å². The summed E-state index contributed by atoms with van der Waals surface area (Å²) in [5.74, 6) is 0.0250. The summed E-state index contributed by atoms with van der Waals surface area (Å²) in [5, 5.41) is 3.71. The van der Waals surface area contributed by atoms with Crippen LogP contribution in [0.4, 0.5) is 0 Å². The molecule has 1 aromatic carbocycles. The smallest absolute Gasteiger partial charge is 0.261 e. The molecule has 0 unspecified atom stereocenters. The number of para-hydroxylation sites is 1. The molecule has 2 aromatic rings. The van der Waals surface area contributed by atoms with Gasteiger partial charge in [0.05, 0.1) is 17.2 Å². The molecule has 0 bridgehead atoms. The first-order valence-corrected chi connectivity index (χ1v) is 8.47. The van der Waals surface area contributed by atoms with Gasteiger partial charge in [0.25, 0.3) is 5.56 Å². The van der Waals surface area contributed by atoms with E-state index in [-0.39, 0.29) is 11.5 Å². The summed E-state index contributed by atoms with van der Waals surface area (Å²) in [6.45, 7) is 0.370. The average Bonchev–Trinajstić information content (AvgIpc) is 2.83. The summed E-state index contributed by atoms with van der Waals surface area (Å²) >= 11 is 0. The molecule has 0 atom stereocenters. The van der Waals surface area contributed by atoms with Gasteiger partial charge in [-0.05, 0) is 25.0 Å². The normalized spacial score (nSPS) is 16.2. The van der Waals surface area contributed by atoms with Gasteiger partial charge in [0.2, 0.25) is 5.91 Å². The van der Waals surface area contributed by atoms with Crippen LogP contribution in [0.5, 0.6) is 0 Å². The molecule has 1 aliphatic carbocycles. The molecule has 1 fully saturated rings. The largest absolute Gasteiger partial charge is 0.353 e. The monoisotopic (exact) mass is 313 g/mol. The molecule has 5 nitrogen and oxygen atoms in total. The number of hydrogen-bond acceptors (Lipinski definition) is 3. The van der Waals surface area contributed by atoms with Gasteiger partial charge in [-0.25, -0.2) is 4.98 Å². The van der Waals surface area contributed by atoms with Crippen molar-refractivity contribution < 1.29 is 4.79 Å². The SMILES string of the molecule is O=C(CCn1cnc2ccccc2c1=O)NC1CCCCCC1. The van der Waals surface area contributed by atoms with Gasteiger partial charge in [-0.15, -0.1) is 0 Å². The number of carbonyl (C=O) groups excluding carboxylic acids is 1. The standard InChI is InChI=1S/C18H23N3O2/c22-17(20-14-7-3-1-2-4-8-14)11-12-21-13-19-16-10-6-5-9-15(16)18(21)23/h5-6,9-10,13-14H,1-4,7-8,11-12H2,(H,20,22). The Morgan fingerprint density at radius 2 is 1.91 bits per heavy atom. The van der Waals surface area contributed by atoms with Crippen molar-refractivity contribution in [1.29, 1.82) is 0 Å². The maximum atomic E-state index is 12.4. The lowest BCUT2D eigenvalue weighted by Gasteiger charge is -2.16. The third-order valence-corrected chi connectivity index (χ3v) is 4.53. The van der Waals surface area contributed by atoms with E-state index in [9.17, 15) is 9.59 Å². The van der Waals surface area contributed by atoms with Crippen molar-refractivity contribution in [2.24, 2.45) is 0 Å². The molecular weight excluding hydrogens is 290 g/mol. The van der Waals surface area contributed by atoms with Gasteiger partial charge in [-0.3, -0.25) is 14.2 Å². The quantitative estimate of drug-likeness (QED) is 0.883. The van der Waals surface area contributed by atoms with Crippen LogP contribution in [0, 0.1) is 0 Å². The predicted molar refractivity (Wildman–Crippen MR) is 90.3 cm³/mol. The van der Waals surface area contributed by atoms with E-state index in [4.69, 9.17) is 0 Å². The molecular formula is C18H23N3O2. The molecule has 5 heteroatoms. The number of rotatable bonds is 4. The van der Waals surface area contributed by atoms with E-state index >= 15 is 0 Å². The molecule has 1 aromatic heterocycles. The first-order valence-electron chi connectivity index (χ1n) is 8.47. The highest BCUT2D eigenvalue weighted by Gasteiger charge is 2.14. The minimum Gasteiger partial charge on any atom is -0.353 e. The second kappa shape index (κ2) is 7.40. The highest BCUT2D eigenvalue weighted by molar-refractivity contribution is 5.77. The number of fused-ring (bicyclic) bond motifs is 1. The van der Waals surface area contributed by atoms with Crippen LogP contribution in [0.1, 0.15) is 44.9 Å². The van der Waals surface area contributed by atoms with Crippen molar-refractivity contribution in [3.8, 4) is 0 Å². The highest BCUT2D eigenvalue weighted by atomic mass is 16.2. The Balaban J connectivity index is 1.60. The summed E-state index contributed by atoms with van der Waals surface area (Å²) < 4.78 is 1.52. The van der Waals surface area contributed by atoms with Gasteiger partial charge in [-0.1, -0.05) is 37.8 Å². The minimum absolute atomic E-state index is 0.0250. The maximum Gasteiger partial charge on any atom is 0.261 e. The van der Waals surface area contributed by atoms with Crippen LogP contribution in [0.15, 0.2) is 35.4 Å². The Bertz CT molecular complexity index is 730. The van der Waals surface area contributed by atoms with Gasteiger partial charge >= 0.3 is 0 Å². The van der Waals surface area contributed by atoms with Gasteiger partial charge in [0.1, 0.15) is 0 Å². The van der Waals surface area contributed by atoms with Gasteiger partial charge in [-0.2, -0.15) is 0 Å². The Kier molecular flexibility index (Phi) is 5.05. The molecule has 1 aliphatic rings. The van der Waals surface area contributed by atoms with Crippen molar-refractivity contribution in [2.75, 3.05) is 0 Å². The number of carbonyl (C=O) groups is 1. The Morgan fingerprint density at radius 1 is 1.17 bits per heavy atom. The second-order valence-electron chi connectivity index (χ2n) is 6.27. The highest BCUT2D eigenvalue weighted by Crippen LogP contribution is 2.17. The van der Waals surface area contributed by atoms with E-state index in [1.807, 2.05) is 18.2 Å². The number of nitrogens with zero attached hydrogens (tertiary/aromatic N) is 2. The Morgan fingerprint density at radius 3 is 2.70 bits per heavy atom. The zero-order valence-corrected chi connectivity index (χ0v) is 13.3. The summed E-state index contributed by atoms with van der Waals surface area (Å²) in [4.78, 5) is 28.8. The maximum absolute atomic E-state index is 12.4. The molecule has 1 N–H and O–H groups in total. The fourth-order valence-electron chi connectivity index (χ4n) is 3.21. The molecule has 1 heterocycles. The van der Waals surface area contributed by atoms with Crippen LogP contribution < -0.4 is 10.9 Å². The average molecular weight is 313 g/mol. The molecule has 122 valence electrons. The Hall–Kier alpha value is -2.17. The number of aromatic nitrogens is 2. The third kappa shape index (κ3) is 3.97. The summed E-state index contributed by atoms with van der Waals surface area (Å²) in [7, 11) is 0. The molecule has 1 saturated carbocycles. The molecule has 3 rings (SSSR count). The Labute approximate surface area is 135 Å². The summed E-state index contributed by atoms with van der Waals surface area (Å²) in [6.07, 6.45) is 8.92. The number of aryl methyl sites for hydroxylation is 1. The minimum atomic E-state index is -0.0853. The fourth-order valence-corrected chi connectivity index (χ4v) is 3.21. The molecule has 23 heavy (non-hydrogen) atoms. The van der Waals surface area contributed by atoms with E-state index in [1.54, 1.807) is 6.07 Å². The lowest BCUT2D eigenvalue weighted by Crippen LogP contribution is -2.35. The topological polar surface area (TPSA) is 64.0 Å². The van der Waals surface area contributed by atoms with Crippen molar-refractivity contribution in [1.82, 2.24) is 14.9 Å². The number of hydrogen-bond donors (Lipinski definition) is 1. The first-order chi connectivity index (χ1) is 11.2. The molecule has 0 saturated heterocycles. The number of nitrogens with one attached hydrogen (secondary N) is 1. The predicted octanol–water partition coefficient (Wildman–Crippen LogP) is 2.63. The van der Waals surface area contributed by atoms with Gasteiger partial charge < -0.3 is 5.32 Å². The molecule has 1 amide bonds. The molecule has 0 radical (unpaired) electrons. The molecule has 0 spiro atoms. The number of amides is 1. The second-order valence-corrected chi connectivity index (χ2v) is 6.27. The summed E-state index contributed by atoms with van der Waals surface area (Å²) in [6, 6.07) is 7.58. The van der Waals surface area contributed by atoms with E-state index in [0.717, 1.165) is 12.8 Å². The van der Waals surface area contributed by atoms with Crippen molar-refractivity contribution in [2.45, 2.75) is 57.5 Å². The van der Waals surface area contributed by atoms with Crippen molar-refractivity contribution in [3.63, 3.8) is 0 Å². The first kappa shape index (κ1) is 15.7. The van der Waals surface area contributed by atoms with E-state index < -0.39 is 0 Å². The van der Waals surface area contributed by atoms with Crippen molar-refractivity contribution in [3.05, 3.63) is 40.9 Å². The zero-order valence-electron chi connectivity index (χ0n) is 13.3. The van der Waals surface area contributed by atoms with E-state index in [1.165, 1.54) is 36.6 Å². The van der Waals surface area contributed by atoms with Crippen LogP contribution in [0.2, 0.25) is 0 Å².